The summed E-state index contributed by atoms with van der Waals surface area (Å²) < 4.78 is 2.00. The average molecular weight is 251 g/mol. The van der Waals surface area contributed by atoms with Crippen LogP contribution in [0.15, 0.2) is 30.6 Å². The highest BCUT2D eigenvalue weighted by atomic mass is 31.1. The highest BCUT2D eigenvalue weighted by Gasteiger charge is 2.09. The maximum atomic E-state index is 4.11. The first-order valence-corrected chi connectivity index (χ1v) is 6.56. The third-order valence-electron chi connectivity index (χ3n) is 2.50. The lowest BCUT2D eigenvalue weighted by Crippen LogP contribution is -1.99. The van der Waals surface area contributed by atoms with E-state index in [1.54, 1.807) is 6.33 Å². The first-order chi connectivity index (χ1) is 7.72. The Morgan fingerprint density at radius 1 is 1.25 bits per heavy atom. The minimum Gasteiger partial charge on any atom is -0.285 e. The van der Waals surface area contributed by atoms with Gasteiger partial charge >= 0.3 is 0 Å². The molecule has 1 aromatic heterocycles. The Balaban J connectivity index is 2.38. The zero-order valence-corrected chi connectivity index (χ0v) is 11.5. The van der Waals surface area contributed by atoms with E-state index < -0.39 is 0 Å². The fourth-order valence-corrected chi connectivity index (χ4v) is 2.02. The number of aryl methyl sites for hydroxylation is 1. The summed E-state index contributed by atoms with van der Waals surface area (Å²) in [6.45, 7) is 2.15. The summed E-state index contributed by atoms with van der Waals surface area (Å²) in [6, 6.07) is 8.48. The smallest absolute Gasteiger partial charge is 0.148 e. The predicted octanol–water partition coefficient (Wildman–Crippen LogP) is 2.58. The molecule has 0 saturated carbocycles. The zero-order valence-electron chi connectivity index (χ0n) is 9.17. The van der Waals surface area contributed by atoms with Gasteiger partial charge in [-0.3, -0.25) is 4.57 Å². The van der Waals surface area contributed by atoms with Gasteiger partial charge < -0.3 is 0 Å². The van der Waals surface area contributed by atoms with E-state index in [4.69, 9.17) is 0 Å². The predicted molar refractivity (Wildman–Crippen MR) is 72.9 cm³/mol. The Morgan fingerprint density at radius 3 is 2.50 bits per heavy atom. The van der Waals surface area contributed by atoms with E-state index in [-0.39, 0.29) is 5.40 Å². The van der Waals surface area contributed by atoms with Crippen LogP contribution in [0, 0.1) is 0 Å². The maximum absolute atomic E-state index is 4.11. The van der Waals surface area contributed by atoms with Crippen LogP contribution in [-0.2, 0) is 6.42 Å². The molecule has 0 fully saturated rings. The van der Waals surface area contributed by atoms with Crippen LogP contribution in [0.3, 0.4) is 0 Å². The molecular formula is C11H15N3P2. The molecule has 0 saturated heterocycles. The van der Waals surface area contributed by atoms with Gasteiger partial charge in [0.15, 0.2) is 0 Å². The number of hydrogen-bond acceptors (Lipinski definition) is 2. The minimum absolute atomic E-state index is 0.216. The molecule has 16 heavy (non-hydrogen) atoms. The van der Waals surface area contributed by atoms with Gasteiger partial charge in [0.05, 0.1) is 0 Å². The first kappa shape index (κ1) is 11.7. The van der Waals surface area contributed by atoms with E-state index in [0.717, 1.165) is 17.9 Å². The van der Waals surface area contributed by atoms with Crippen LogP contribution in [0.25, 0.3) is 5.69 Å². The molecular weight excluding hydrogens is 236 g/mol. The summed E-state index contributed by atoms with van der Waals surface area (Å²) in [5.41, 5.74) is 2.44. The van der Waals surface area contributed by atoms with E-state index >= 15 is 0 Å². The van der Waals surface area contributed by atoms with Crippen LogP contribution in [0.1, 0.15) is 23.7 Å². The van der Waals surface area contributed by atoms with E-state index in [9.17, 15) is 0 Å². The van der Waals surface area contributed by atoms with Crippen LogP contribution in [0.2, 0.25) is 0 Å². The molecule has 1 aromatic carbocycles. The third-order valence-corrected chi connectivity index (χ3v) is 3.09. The number of aromatic nitrogens is 3. The molecule has 5 heteroatoms. The molecule has 84 valence electrons. The van der Waals surface area contributed by atoms with Gasteiger partial charge in [-0.15, -0.1) is 28.7 Å². The molecule has 1 heterocycles. The van der Waals surface area contributed by atoms with Crippen molar-refractivity contribution in [2.24, 2.45) is 0 Å². The molecule has 0 spiro atoms. The maximum Gasteiger partial charge on any atom is 0.148 e. The van der Waals surface area contributed by atoms with Crippen molar-refractivity contribution in [1.29, 1.82) is 0 Å². The Hall–Kier alpha value is -0.780. The molecule has 0 radical (unpaired) electrons. The molecule has 0 aliphatic rings. The van der Waals surface area contributed by atoms with Gasteiger partial charge in [0.25, 0.3) is 0 Å². The lowest BCUT2D eigenvalue weighted by molar-refractivity contribution is 0.945. The summed E-state index contributed by atoms with van der Waals surface area (Å²) in [5.74, 6) is 0.930. The van der Waals surface area contributed by atoms with Gasteiger partial charge in [0.2, 0.25) is 0 Å². The normalized spacial score (nSPS) is 11.0. The van der Waals surface area contributed by atoms with Crippen LogP contribution in [-0.4, -0.2) is 14.8 Å². The van der Waals surface area contributed by atoms with Crippen molar-refractivity contribution in [3.63, 3.8) is 0 Å². The van der Waals surface area contributed by atoms with Crippen molar-refractivity contribution < 1.29 is 0 Å². The van der Waals surface area contributed by atoms with Gasteiger partial charge in [0.1, 0.15) is 12.2 Å². The van der Waals surface area contributed by atoms with Gasteiger partial charge in [0, 0.05) is 11.1 Å². The minimum atomic E-state index is 0.216. The van der Waals surface area contributed by atoms with E-state index in [2.05, 4.69) is 59.9 Å². The van der Waals surface area contributed by atoms with Crippen molar-refractivity contribution in [3.05, 3.63) is 42.0 Å². The monoisotopic (exact) mass is 251 g/mol. The lowest BCUT2D eigenvalue weighted by atomic mass is 10.1. The summed E-state index contributed by atoms with van der Waals surface area (Å²) in [7, 11) is 5.41. The number of hydrogen-bond donors (Lipinski definition) is 0. The second-order valence-corrected chi connectivity index (χ2v) is 5.81. The SMILES string of the molecule is CCc1ccc(-n2cnnc2C(P)P)cc1. The summed E-state index contributed by atoms with van der Waals surface area (Å²) in [4.78, 5) is 0. The molecule has 2 atom stereocenters. The quantitative estimate of drug-likeness (QED) is 0.785. The highest BCUT2D eigenvalue weighted by molar-refractivity contribution is 7.37. The van der Waals surface area contributed by atoms with E-state index in [0.29, 0.717) is 0 Å². The molecule has 0 amide bonds. The third kappa shape index (κ3) is 2.31. The topological polar surface area (TPSA) is 30.7 Å². The van der Waals surface area contributed by atoms with Crippen LogP contribution in [0.5, 0.6) is 0 Å². The average Bonchev–Trinajstić information content (AvgIpc) is 2.78. The summed E-state index contributed by atoms with van der Waals surface area (Å²) >= 11 is 0. The molecule has 3 nitrogen and oxygen atoms in total. The number of rotatable bonds is 3. The number of benzene rings is 1. The van der Waals surface area contributed by atoms with Crippen molar-refractivity contribution >= 4 is 18.5 Å². The van der Waals surface area contributed by atoms with Gasteiger partial charge in [-0.1, -0.05) is 19.1 Å². The molecule has 0 N–H and O–H groups in total. The second-order valence-electron chi connectivity index (χ2n) is 3.60. The van der Waals surface area contributed by atoms with Crippen LogP contribution >= 0.6 is 18.5 Å². The summed E-state index contributed by atoms with van der Waals surface area (Å²) in [6.07, 6.45) is 2.81. The van der Waals surface area contributed by atoms with Crippen molar-refractivity contribution in [2.45, 2.75) is 18.7 Å². The Morgan fingerprint density at radius 2 is 1.94 bits per heavy atom. The molecule has 2 aromatic rings. The fourth-order valence-electron chi connectivity index (χ4n) is 1.56. The zero-order chi connectivity index (χ0) is 11.5. The van der Waals surface area contributed by atoms with E-state index in [1.807, 2.05) is 4.57 Å². The highest BCUT2D eigenvalue weighted by Crippen LogP contribution is 2.29. The van der Waals surface area contributed by atoms with E-state index in [1.165, 1.54) is 5.56 Å². The van der Waals surface area contributed by atoms with Crippen molar-refractivity contribution in [1.82, 2.24) is 14.8 Å². The number of nitrogens with zero attached hydrogens (tertiary/aromatic N) is 3. The Labute approximate surface area is 100 Å². The Kier molecular flexibility index (Phi) is 3.68. The Bertz CT molecular complexity index is 462. The van der Waals surface area contributed by atoms with Gasteiger partial charge in [-0.2, -0.15) is 0 Å². The summed E-state index contributed by atoms with van der Waals surface area (Å²) in [5, 5.41) is 8.27. The van der Waals surface area contributed by atoms with Crippen LogP contribution < -0.4 is 0 Å². The first-order valence-electron chi connectivity index (χ1n) is 5.22. The van der Waals surface area contributed by atoms with Crippen molar-refractivity contribution in [2.75, 3.05) is 0 Å². The molecule has 0 aliphatic heterocycles. The molecule has 2 unspecified atom stereocenters. The second kappa shape index (κ2) is 5.03. The van der Waals surface area contributed by atoms with Crippen molar-refractivity contribution in [3.8, 4) is 5.69 Å². The van der Waals surface area contributed by atoms with Gasteiger partial charge in [-0.05, 0) is 24.1 Å². The molecule has 2 rings (SSSR count). The lowest BCUT2D eigenvalue weighted by Gasteiger charge is -2.09. The fraction of sp³-hybridized carbons (Fsp3) is 0.273. The largest absolute Gasteiger partial charge is 0.285 e. The van der Waals surface area contributed by atoms with Gasteiger partial charge in [-0.25, -0.2) is 0 Å². The molecule has 0 aliphatic carbocycles. The van der Waals surface area contributed by atoms with Crippen LogP contribution in [0.4, 0.5) is 0 Å². The standard InChI is InChI=1S/C11H15N3P2/c1-2-8-3-5-9(6-4-8)14-7-12-13-10(14)11(15)16/h3-7,11H,2,15-16H2,1H3. The molecule has 0 bridgehead atoms.